The van der Waals surface area contributed by atoms with Gasteiger partial charge in [0, 0.05) is 6.54 Å². The summed E-state index contributed by atoms with van der Waals surface area (Å²) in [6.45, 7) is 3.63. The molecule has 2 aromatic carbocycles. The first-order chi connectivity index (χ1) is 11.3. The minimum absolute atomic E-state index is 0.283. The number of hydrogen-bond acceptors (Lipinski definition) is 2. The van der Waals surface area contributed by atoms with Crippen LogP contribution in [0.4, 0.5) is 4.39 Å². The average molecular weight is 313 g/mol. The second-order valence-electron chi connectivity index (χ2n) is 6.25. The Morgan fingerprint density at radius 3 is 2.39 bits per heavy atom. The van der Waals surface area contributed by atoms with E-state index >= 15 is 0 Å². The summed E-state index contributed by atoms with van der Waals surface area (Å²) >= 11 is 0. The van der Waals surface area contributed by atoms with Gasteiger partial charge in [0.15, 0.2) is 11.6 Å². The number of para-hydroxylation sites is 1. The zero-order chi connectivity index (χ0) is 15.9. The van der Waals surface area contributed by atoms with Gasteiger partial charge in [0.1, 0.15) is 6.61 Å². The van der Waals surface area contributed by atoms with Crippen molar-refractivity contribution in [1.82, 2.24) is 4.90 Å². The van der Waals surface area contributed by atoms with Gasteiger partial charge in [-0.3, -0.25) is 4.90 Å². The minimum Gasteiger partial charge on any atom is -0.489 e. The van der Waals surface area contributed by atoms with Gasteiger partial charge in [-0.15, -0.1) is 0 Å². The molecule has 1 fully saturated rings. The van der Waals surface area contributed by atoms with E-state index in [1.165, 1.54) is 30.9 Å². The van der Waals surface area contributed by atoms with Gasteiger partial charge in [0.25, 0.3) is 0 Å². The van der Waals surface area contributed by atoms with Crippen LogP contribution in [0.5, 0.6) is 5.75 Å². The van der Waals surface area contributed by atoms with E-state index < -0.39 is 0 Å². The Hall–Kier alpha value is -1.87. The van der Waals surface area contributed by atoms with Crippen molar-refractivity contribution >= 4 is 0 Å². The summed E-state index contributed by atoms with van der Waals surface area (Å²) in [7, 11) is 0. The van der Waals surface area contributed by atoms with Crippen LogP contribution in [0.15, 0.2) is 54.6 Å². The summed E-state index contributed by atoms with van der Waals surface area (Å²) in [5.41, 5.74) is 1.44. The van der Waals surface area contributed by atoms with E-state index in [-0.39, 0.29) is 5.82 Å². The molecule has 0 bridgehead atoms. The lowest BCUT2D eigenvalue weighted by atomic mass is 9.90. The number of hydrogen-bond donors (Lipinski definition) is 0. The molecule has 1 heterocycles. The van der Waals surface area contributed by atoms with Gasteiger partial charge in [-0.25, -0.2) is 4.39 Å². The Morgan fingerprint density at radius 2 is 1.65 bits per heavy atom. The zero-order valence-electron chi connectivity index (χ0n) is 13.5. The van der Waals surface area contributed by atoms with Crippen LogP contribution in [0.3, 0.4) is 0 Å². The van der Waals surface area contributed by atoms with E-state index in [0.717, 1.165) is 25.6 Å². The minimum atomic E-state index is -0.283. The monoisotopic (exact) mass is 313 g/mol. The number of ether oxygens (including phenoxy) is 1. The van der Waals surface area contributed by atoms with Crippen molar-refractivity contribution in [2.45, 2.75) is 19.3 Å². The van der Waals surface area contributed by atoms with Crippen molar-refractivity contribution in [3.8, 4) is 5.75 Å². The molecule has 0 unspecified atom stereocenters. The molecule has 2 nitrogen and oxygen atoms in total. The standard InChI is InChI=1S/C20H24FNO/c21-19-8-4-5-9-20(19)23-15-14-22-12-10-18(11-13-22)16-17-6-2-1-3-7-17/h1-9,18H,10-16H2. The molecule has 0 spiro atoms. The third-order valence-electron chi connectivity index (χ3n) is 4.58. The third-order valence-corrected chi connectivity index (χ3v) is 4.58. The number of likely N-dealkylation sites (tertiary alicyclic amines) is 1. The molecule has 1 aliphatic heterocycles. The maximum Gasteiger partial charge on any atom is 0.165 e. The van der Waals surface area contributed by atoms with Crippen LogP contribution in [0, 0.1) is 11.7 Å². The molecule has 3 rings (SSSR count). The van der Waals surface area contributed by atoms with Crippen molar-refractivity contribution in [3.63, 3.8) is 0 Å². The van der Waals surface area contributed by atoms with Crippen LogP contribution in [-0.4, -0.2) is 31.1 Å². The van der Waals surface area contributed by atoms with E-state index in [4.69, 9.17) is 4.74 Å². The first-order valence-corrected chi connectivity index (χ1v) is 8.45. The van der Waals surface area contributed by atoms with E-state index in [1.54, 1.807) is 18.2 Å². The number of benzene rings is 2. The van der Waals surface area contributed by atoms with Crippen molar-refractivity contribution in [2.24, 2.45) is 5.92 Å². The summed E-state index contributed by atoms with van der Waals surface area (Å²) in [6.07, 6.45) is 3.64. The lowest BCUT2D eigenvalue weighted by Crippen LogP contribution is -2.37. The molecule has 0 aromatic heterocycles. The summed E-state index contributed by atoms with van der Waals surface area (Å²) in [5.74, 6) is 0.849. The summed E-state index contributed by atoms with van der Waals surface area (Å²) in [4.78, 5) is 2.42. The second-order valence-corrected chi connectivity index (χ2v) is 6.25. The Labute approximate surface area is 137 Å². The molecule has 1 aliphatic rings. The average Bonchev–Trinajstić information content (AvgIpc) is 2.59. The molecule has 122 valence electrons. The topological polar surface area (TPSA) is 12.5 Å². The summed E-state index contributed by atoms with van der Waals surface area (Å²) < 4.78 is 19.0. The SMILES string of the molecule is Fc1ccccc1OCCN1CCC(Cc2ccccc2)CC1. The molecule has 1 saturated heterocycles. The van der Waals surface area contributed by atoms with Crippen molar-refractivity contribution in [3.05, 3.63) is 66.0 Å². The fourth-order valence-corrected chi connectivity index (χ4v) is 3.21. The van der Waals surface area contributed by atoms with Gasteiger partial charge in [-0.05, 0) is 56.0 Å². The quantitative estimate of drug-likeness (QED) is 0.794. The molecule has 0 radical (unpaired) electrons. The van der Waals surface area contributed by atoms with E-state index in [9.17, 15) is 4.39 Å². The predicted molar refractivity (Wildman–Crippen MR) is 91.2 cm³/mol. The molecular weight excluding hydrogens is 289 g/mol. The molecule has 0 atom stereocenters. The van der Waals surface area contributed by atoms with Crippen molar-refractivity contribution in [1.29, 1.82) is 0 Å². The summed E-state index contributed by atoms with van der Waals surface area (Å²) in [6, 6.07) is 17.3. The van der Waals surface area contributed by atoms with Crippen LogP contribution in [0.2, 0.25) is 0 Å². The van der Waals surface area contributed by atoms with Gasteiger partial charge < -0.3 is 4.74 Å². The maximum absolute atomic E-state index is 13.5. The van der Waals surface area contributed by atoms with Gasteiger partial charge in [0.05, 0.1) is 0 Å². The zero-order valence-corrected chi connectivity index (χ0v) is 13.5. The predicted octanol–water partition coefficient (Wildman–Crippen LogP) is 4.16. The molecule has 3 heteroatoms. The Morgan fingerprint density at radius 1 is 0.957 bits per heavy atom. The molecule has 0 aliphatic carbocycles. The Bertz CT molecular complexity index is 594. The maximum atomic E-state index is 13.5. The van der Waals surface area contributed by atoms with Gasteiger partial charge >= 0.3 is 0 Å². The molecule has 0 amide bonds. The van der Waals surface area contributed by atoms with Gasteiger partial charge in [-0.2, -0.15) is 0 Å². The largest absolute Gasteiger partial charge is 0.489 e. The smallest absolute Gasteiger partial charge is 0.165 e. The normalized spacial score (nSPS) is 16.4. The lowest BCUT2D eigenvalue weighted by Gasteiger charge is -2.31. The number of rotatable bonds is 6. The fraction of sp³-hybridized carbons (Fsp3) is 0.400. The second kappa shape index (κ2) is 8.11. The van der Waals surface area contributed by atoms with Crippen LogP contribution < -0.4 is 4.74 Å². The van der Waals surface area contributed by atoms with Crippen LogP contribution in [-0.2, 0) is 6.42 Å². The molecule has 23 heavy (non-hydrogen) atoms. The summed E-state index contributed by atoms with van der Waals surface area (Å²) in [5, 5.41) is 0. The highest BCUT2D eigenvalue weighted by atomic mass is 19.1. The first-order valence-electron chi connectivity index (χ1n) is 8.45. The van der Waals surface area contributed by atoms with Crippen LogP contribution in [0.1, 0.15) is 18.4 Å². The van der Waals surface area contributed by atoms with Gasteiger partial charge in [0.2, 0.25) is 0 Å². The highest BCUT2D eigenvalue weighted by Crippen LogP contribution is 2.21. The van der Waals surface area contributed by atoms with Gasteiger partial charge in [-0.1, -0.05) is 42.5 Å². The van der Waals surface area contributed by atoms with E-state index in [2.05, 4.69) is 35.2 Å². The lowest BCUT2D eigenvalue weighted by molar-refractivity contribution is 0.153. The molecule has 2 aromatic rings. The Kier molecular flexibility index (Phi) is 5.65. The van der Waals surface area contributed by atoms with E-state index in [1.807, 2.05) is 0 Å². The highest BCUT2D eigenvalue weighted by molar-refractivity contribution is 5.23. The molecule has 0 saturated carbocycles. The first kappa shape index (κ1) is 16.0. The number of halogens is 1. The molecule has 0 N–H and O–H groups in total. The highest BCUT2D eigenvalue weighted by Gasteiger charge is 2.19. The van der Waals surface area contributed by atoms with Crippen LogP contribution >= 0.6 is 0 Å². The Balaban J connectivity index is 1.37. The van der Waals surface area contributed by atoms with E-state index in [0.29, 0.717) is 12.4 Å². The third kappa shape index (κ3) is 4.80. The van der Waals surface area contributed by atoms with Crippen LogP contribution in [0.25, 0.3) is 0 Å². The van der Waals surface area contributed by atoms with Crippen molar-refractivity contribution < 1.29 is 9.13 Å². The number of piperidine rings is 1. The number of nitrogens with zero attached hydrogens (tertiary/aromatic N) is 1. The van der Waals surface area contributed by atoms with Crippen molar-refractivity contribution in [2.75, 3.05) is 26.2 Å². The molecular formula is C20H24FNO. The fourth-order valence-electron chi connectivity index (χ4n) is 3.21.